The maximum atomic E-state index is 11.6. The largest absolute Gasteiger partial charge is 0.462 e. The van der Waals surface area contributed by atoms with Crippen molar-refractivity contribution in [3.63, 3.8) is 0 Å². The zero-order valence-electron chi connectivity index (χ0n) is 11.8. The van der Waals surface area contributed by atoms with Gasteiger partial charge in [-0.2, -0.15) is 0 Å². The maximum Gasteiger partial charge on any atom is 0.339 e. The van der Waals surface area contributed by atoms with Crippen molar-refractivity contribution in [3.05, 3.63) is 28.8 Å². The molecular formula is C14H19ClN2O2S. The molecule has 1 rings (SSSR count). The van der Waals surface area contributed by atoms with Crippen molar-refractivity contribution in [3.8, 4) is 0 Å². The molecule has 1 unspecified atom stereocenters. The first-order chi connectivity index (χ1) is 9.47. The Hall–Kier alpha value is -1.33. The maximum absolute atomic E-state index is 11.6. The number of benzene rings is 1. The smallest absolute Gasteiger partial charge is 0.339 e. The van der Waals surface area contributed by atoms with Crippen molar-refractivity contribution in [1.82, 2.24) is 5.32 Å². The van der Waals surface area contributed by atoms with E-state index in [0.717, 1.165) is 12.1 Å². The molecule has 0 bridgehead atoms. The molecule has 1 atom stereocenters. The Morgan fingerprint density at radius 1 is 1.45 bits per heavy atom. The molecule has 0 aliphatic heterocycles. The minimum absolute atomic E-state index is 0.296. The van der Waals surface area contributed by atoms with E-state index in [-0.39, 0.29) is 0 Å². The van der Waals surface area contributed by atoms with Gasteiger partial charge in [-0.15, -0.1) is 0 Å². The van der Waals surface area contributed by atoms with Crippen LogP contribution < -0.4 is 10.6 Å². The Bertz CT molecular complexity index is 494. The summed E-state index contributed by atoms with van der Waals surface area (Å²) in [5.41, 5.74) is 1.07. The minimum atomic E-state index is -0.427. The van der Waals surface area contributed by atoms with Crippen LogP contribution in [-0.4, -0.2) is 23.7 Å². The zero-order chi connectivity index (χ0) is 15.1. The molecule has 0 heterocycles. The summed E-state index contributed by atoms with van der Waals surface area (Å²) in [5, 5.41) is 7.03. The average Bonchev–Trinajstić information content (AvgIpc) is 2.38. The highest BCUT2D eigenvalue weighted by atomic mass is 35.5. The van der Waals surface area contributed by atoms with Gasteiger partial charge in [-0.3, -0.25) is 0 Å². The lowest BCUT2D eigenvalue weighted by Crippen LogP contribution is -2.35. The first-order valence-corrected chi connectivity index (χ1v) is 7.30. The zero-order valence-corrected chi connectivity index (χ0v) is 13.4. The fourth-order valence-corrected chi connectivity index (χ4v) is 2.04. The van der Waals surface area contributed by atoms with E-state index in [0.29, 0.717) is 28.3 Å². The van der Waals surface area contributed by atoms with E-state index in [9.17, 15) is 4.79 Å². The number of nitrogens with one attached hydrogen (secondary N) is 2. The van der Waals surface area contributed by atoms with Gasteiger partial charge in [0, 0.05) is 11.7 Å². The highest BCUT2D eigenvalue weighted by Gasteiger charge is 2.12. The SMILES string of the molecule is CCOC(=O)c1ccc(NC(=S)NC(C)CC)cc1Cl. The quantitative estimate of drug-likeness (QED) is 0.642. The van der Waals surface area contributed by atoms with Crippen LogP contribution >= 0.6 is 23.8 Å². The highest BCUT2D eigenvalue weighted by molar-refractivity contribution is 7.80. The third-order valence-corrected chi connectivity index (χ3v) is 3.24. The lowest BCUT2D eigenvalue weighted by molar-refractivity contribution is 0.0526. The Morgan fingerprint density at radius 2 is 2.15 bits per heavy atom. The molecule has 6 heteroatoms. The van der Waals surface area contributed by atoms with E-state index < -0.39 is 5.97 Å². The number of carbonyl (C=O) groups is 1. The van der Waals surface area contributed by atoms with Gasteiger partial charge >= 0.3 is 5.97 Å². The summed E-state index contributed by atoms with van der Waals surface area (Å²) in [6.45, 7) is 6.19. The van der Waals surface area contributed by atoms with E-state index >= 15 is 0 Å². The van der Waals surface area contributed by atoms with Gasteiger partial charge in [-0.1, -0.05) is 18.5 Å². The van der Waals surface area contributed by atoms with E-state index in [2.05, 4.69) is 17.6 Å². The summed E-state index contributed by atoms with van der Waals surface area (Å²) in [7, 11) is 0. The number of halogens is 1. The number of hydrogen-bond acceptors (Lipinski definition) is 3. The summed E-state index contributed by atoms with van der Waals surface area (Å²) in [5.74, 6) is -0.427. The third-order valence-electron chi connectivity index (χ3n) is 2.71. The lowest BCUT2D eigenvalue weighted by Gasteiger charge is -2.15. The number of ether oxygens (including phenoxy) is 1. The Morgan fingerprint density at radius 3 is 2.70 bits per heavy atom. The second-order valence-electron chi connectivity index (χ2n) is 4.32. The molecule has 0 radical (unpaired) electrons. The van der Waals surface area contributed by atoms with Crippen molar-refractivity contribution in [1.29, 1.82) is 0 Å². The fourth-order valence-electron chi connectivity index (χ4n) is 1.46. The number of anilines is 1. The molecule has 0 aliphatic rings. The minimum Gasteiger partial charge on any atom is -0.462 e. The topological polar surface area (TPSA) is 50.4 Å². The highest BCUT2D eigenvalue weighted by Crippen LogP contribution is 2.21. The molecule has 0 spiro atoms. The second-order valence-corrected chi connectivity index (χ2v) is 5.14. The van der Waals surface area contributed by atoms with Gasteiger partial charge in [0.25, 0.3) is 0 Å². The van der Waals surface area contributed by atoms with Crippen LogP contribution in [0.3, 0.4) is 0 Å². The van der Waals surface area contributed by atoms with E-state index in [1.54, 1.807) is 25.1 Å². The van der Waals surface area contributed by atoms with Crippen molar-refractivity contribution in [2.75, 3.05) is 11.9 Å². The van der Waals surface area contributed by atoms with Gasteiger partial charge in [0.05, 0.1) is 17.2 Å². The van der Waals surface area contributed by atoms with E-state index in [1.165, 1.54) is 0 Å². The van der Waals surface area contributed by atoms with Gasteiger partial charge in [0.1, 0.15) is 0 Å². The molecule has 4 nitrogen and oxygen atoms in total. The van der Waals surface area contributed by atoms with Crippen molar-refractivity contribution in [2.45, 2.75) is 33.2 Å². The molecule has 0 aliphatic carbocycles. The van der Waals surface area contributed by atoms with Gasteiger partial charge < -0.3 is 15.4 Å². The molecule has 0 saturated carbocycles. The molecule has 1 aromatic rings. The van der Waals surface area contributed by atoms with Gasteiger partial charge in [-0.05, 0) is 50.7 Å². The Kier molecular flexibility index (Phi) is 6.75. The summed E-state index contributed by atoms with van der Waals surface area (Å²) in [6.07, 6.45) is 0.977. The third kappa shape index (κ3) is 4.98. The molecule has 110 valence electrons. The van der Waals surface area contributed by atoms with Crippen LogP contribution in [0.1, 0.15) is 37.6 Å². The molecular weight excluding hydrogens is 296 g/mol. The first-order valence-electron chi connectivity index (χ1n) is 6.52. The van der Waals surface area contributed by atoms with Crippen LogP contribution in [0.4, 0.5) is 5.69 Å². The molecule has 0 fully saturated rings. The van der Waals surface area contributed by atoms with Crippen molar-refractivity contribution in [2.24, 2.45) is 0 Å². The standard InChI is InChI=1S/C14H19ClN2O2S/c1-4-9(3)16-14(20)17-10-6-7-11(12(15)8-10)13(18)19-5-2/h6-9H,4-5H2,1-3H3,(H2,16,17,20). The van der Waals surface area contributed by atoms with Crippen LogP contribution in [0.15, 0.2) is 18.2 Å². The molecule has 0 aromatic heterocycles. The van der Waals surface area contributed by atoms with Crippen LogP contribution in [0.2, 0.25) is 5.02 Å². The second kappa shape index (κ2) is 8.07. The van der Waals surface area contributed by atoms with Crippen LogP contribution in [0.25, 0.3) is 0 Å². The number of esters is 1. The predicted molar refractivity (Wildman–Crippen MR) is 86.5 cm³/mol. The Balaban J connectivity index is 2.72. The number of hydrogen-bond donors (Lipinski definition) is 2. The molecule has 0 amide bonds. The summed E-state index contributed by atoms with van der Waals surface area (Å²) in [6, 6.07) is 5.31. The number of rotatable bonds is 5. The fraction of sp³-hybridized carbons (Fsp3) is 0.429. The van der Waals surface area contributed by atoms with Crippen LogP contribution in [-0.2, 0) is 4.74 Å². The first kappa shape index (κ1) is 16.7. The van der Waals surface area contributed by atoms with Crippen molar-refractivity contribution < 1.29 is 9.53 Å². The lowest BCUT2D eigenvalue weighted by atomic mass is 10.2. The van der Waals surface area contributed by atoms with Gasteiger partial charge in [0.2, 0.25) is 0 Å². The number of carbonyl (C=O) groups excluding carboxylic acids is 1. The Labute approximate surface area is 129 Å². The van der Waals surface area contributed by atoms with Crippen molar-refractivity contribution >= 4 is 40.6 Å². The predicted octanol–water partition coefficient (Wildman–Crippen LogP) is 3.60. The summed E-state index contributed by atoms with van der Waals surface area (Å²) < 4.78 is 4.91. The van der Waals surface area contributed by atoms with Crippen LogP contribution in [0, 0.1) is 0 Å². The summed E-state index contributed by atoms with van der Waals surface area (Å²) >= 11 is 11.3. The molecule has 20 heavy (non-hydrogen) atoms. The van der Waals surface area contributed by atoms with Gasteiger partial charge in [0.15, 0.2) is 5.11 Å². The average molecular weight is 315 g/mol. The van der Waals surface area contributed by atoms with E-state index in [1.807, 2.05) is 6.92 Å². The monoisotopic (exact) mass is 314 g/mol. The molecule has 0 saturated heterocycles. The summed E-state index contributed by atoms with van der Waals surface area (Å²) in [4.78, 5) is 11.6. The number of thiocarbonyl (C=S) groups is 1. The van der Waals surface area contributed by atoms with Gasteiger partial charge in [-0.25, -0.2) is 4.79 Å². The van der Waals surface area contributed by atoms with E-state index in [4.69, 9.17) is 28.6 Å². The normalized spacial score (nSPS) is 11.6. The molecule has 2 N–H and O–H groups in total. The van der Waals surface area contributed by atoms with Crippen LogP contribution in [0.5, 0.6) is 0 Å². The molecule has 1 aromatic carbocycles.